The highest BCUT2D eigenvalue weighted by Gasteiger charge is 2.13. The summed E-state index contributed by atoms with van der Waals surface area (Å²) < 4.78 is 0. The molecule has 4 nitrogen and oxygen atoms in total. The molecule has 0 radical (unpaired) electrons. The van der Waals surface area contributed by atoms with Crippen LogP contribution in [0.25, 0.3) is 0 Å². The van der Waals surface area contributed by atoms with Crippen LogP contribution in [0.5, 0.6) is 0 Å². The lowest BCUT2D eigenvalue weighted by molar-refractivity contribution is -0.384. The van der Waals surface area contributed by atoms with Crippen LogP contribution in [-0.4, -0.2) is 4.92 Å². The van der Waals surface area contributed by atoms with E-state index in [4.69, 9.17) is 34.8 Å². The Hall–Kier alpha value is -1.49. The van der Waals surface area contributed by atoms with E-state index < -0.39 is 4.92 Å². The Kier molecular flexibility index (Phi) is 4.93. The molecular weight excluding hydrogens is 335 g/mol. The van der Waals surface area contributed by atoms with Crippen LogP contribution in [0.15, 0.2) is 36.4 Å². The van der Waals surface area contributed by atoms with Crippen LogP contribution in [0.3, 0.4) is 0 Å². The molecule has 110 valence electrons. The molecule has 1 unspecified atom stereocenters. The lowest BCUT2D eigenvalue weighted by Gasteiger charge is -2.17. The summed E-state index contributed by atoms with van der Waals surface area (Å²) in [6.45, 7) is 1.87. The van der Waals surface area contributed by atoms with Gasteiger partial charge in [-0.05, 0) is 24.6 Å². The standard InChI is InChI=1S/C14H11Cl3N2O2/c1-8(9-3-2-4-10(5-9)19(20)21)18-14-7-12(16)11(15)6-13(14)17/h2-8,18H,1H3. The maximum atomic E-state index is 10.8. The fraction of sp³-hybridized carbons (Fsp3) is 0.143. The maximum Gasteiger partial charge on any atom is 0.269 e. The Bertz CT molecular complexity index is 692. The molecule has 0 aliphatic heterocycles. The van der Waals surface area contributed by atoms with Gasteiger partial charge in [0.2, 0.25) is 0 Å². The molecule has 0 heterocycles. The molecule has 0 aliphatic rings. The number of anilines is 1. The highest BCUT2D eigenvalue weighted by Crippen LogP contribution is 2.34. The third-order valence-corrected chi connectivity index (χ3v) is 4.00. The molecule has 2 aromatic carbocycles. The van der Waals surface area contributed by atoms with Crippen LogP contribution < -0.4 is 5.32 Å². The fourth-order valence-corrected chi connectivity index (χ4v) is 2.46. The van der Waals surface area contributed by atoms with E-state index >= 15 is 0 Å². The van der Waals surface area contributed by atoms with E-state index in [2.05, 4.69) is 5.32 Å². The highest BCUT2D eigenvalue weighted by atomic mass is 35.5. The summed E-state index contributed by atoms with van der Waals surface area (Å²) >= 11 is 17.9. The predicted molar refractivity (Wildman–Crippen MR) is 86.6 cm³/mol. The Morgan fingerprint density at radius 3 is 2.43 bits per heavy atom. The van der Waals surface area contributed by atoms with Crippen LogP contribution in [0.1, 0.15) is 18.5 Å². The number of benzene rings is 2. The number of nitro groups is 1. The van der Waals surface area contributed by atoms with Crippen molar-refractivity contribution in [2.24, 2.45) is 0 Å². The van der Waals surface area contributed by atoms with Gasteiger partial charge in [0.05, 0.1) is 25.7 Å². The van der Waals surface area contributed by atoms with Crippen molar-refractivity contribution in [2.75, 3.05) is 5.32 Å². The molecule has 0 aromatic heterocycles. The molecule has 2 aromatic rings. The van der Waals surface area contributed by atoms with E-state index in [0.29, 0.717) is 20.8 Å². The minimum atomic E-state index is -0.428. The van der Waals surface area contributed by atoms with Gasteiger partial charge in [-0.2, -0.15) is 0 Å². The first-order chi connectivity index (χ1) is 9.88. The van der Waals surface area contributed by atoms with Gasteiger partial charge in [0, 0.05) is 18.2 Å². The van der Waals surface area contributed by atoms with E-state index in [0.717, 1.165) is 5.56 Å². The third-order valence-electron chi connectivity index (χ3n) is 2.96. The van der Waals surface area contributed by atoms with Crippen molar-refractivity contribution in [2.45, 2.75) is 13.0 Å². The molecule has 1 atom stereocenters. The summed E-state index contributed by atoms with van der Waals surface area (Å²) in [6, 6.07) is 9.40. The summed E-state index contributed by atoms with van der Waals surface area (Å²) in [7, 11) is 0. The first kappa shape index (κ1) is 15.9. The van der Waals surface area contributed by atoms with Gasteiger partial charge in [0.25, 0.3) is 5.69 Å². The molecule has 1 N–H and O–H groups in total. The zero-order valence-corrected chi connectivity index (χ0v) is 13.2. The Morgan fingerprint density at radius 1 is 1.10 bits per heavy atom. The molecule has 7 heteroatoms. The summed E-state index contributed by atoms with van der Waals surface area (Å²) in [5.41, 5.74) is 1.43. The quantitative estimate of drug-likeness (QED) is 0.437. The van der Waals surface area contributed by atoms with Gasteiger partial charge < -0.3 is 5.32 Å². The molecule has 0 saturated carbocycles. The van der Waals surface area contributed by atoms with Crippen LogP contribution >= 0.6 is 34.8 Å². The summed E-state index contributed by atoms with van der Waals surface area (Å²) in [6.07, 6.45) is 0. The van der Waals surface area contributed by atoms with Crippen molar-refractivity contribution in [1.29, 1.82) is 0 Å². The largest absolute Gasteiger partial charge is 0.377 e. The monoisotopic (exact) mass is 344 g/mol. The SMILES string of the molecule is CC(Nc1cc(Cl)c(Cl)cc1Cl)c1cccc([N+](=O)[O-])c1. The van der Waals surface area contributed by atoms with E-state index in [9.17, 15) is 10.1 Å². The second-order valence-corrected chi connectivity index (χ2v) is 5.69. The number of nitro benzene ring substituents is 1. The minimum absolute atomic E-state index is 0.0429. The lowest BCUT2D eigenvalue weighted by Crippen LogP contribution is -2.07. The zero-order valence-electron chi connectivity index (χ0n) is 10.9. The second kappa shape index (κ2) is 6.52. The van der Waals surface area contributed by atoms with Crippen LogP contribution in [0.4, 0.5) is 11.4 Å². The third kappa shape index (κ3) is 3.79. The molecule has 0 spiro atoms. The molecule has 0 saturated heterocycles. The first-order valence-electron chi connectivity index (χ1n) is 6.04. The Labute approximate surface area is 136 Å². The van der Waals surface area contributed by atoms with Gasteiger partial charge in [0.1, 0.15) is 0 Å². The van der Waals surface area contributed by atoms with Gasteiger partial charge in [0.15, 0.2) is 0 Å². The van der Waals surface area contributed by atoms with Gasteiger partial charge in [-0.25, -0.2) is 0 Å². The van der Waals surface area contributed by atoms with Crippen LogP contribution in [0, 0.1) is 10.1 Å². The van der Waals surface area contributed by atoms with Crippen molar-refractivity contribution in [3.8, 4) is 0 Å². The lowest BCUT2D eigenvalue weighted by atomic mass is 10.1. The number of nitrogens with zero attached hydrogens (tertiary/aromatic N) is 1. The highest BCUT2D eigenvalue weighted by molar-refractivity contribution is 6.44. The topological polar surface area (TPSA) is 55.2 Å². The van der Waals surface area contributed by atoms with Crippen molar-refractivity contribution < 1.29 is 4.92 Å². The zero-order chi connectivity index (χ0) is 15.6. The molecule has 2 rings (SSSR count). The van der Waals surface area contributed by atoms with Crippen LogP contribution in [0.2, 0.25) is 15.1 Å². The normalized spacial score (nSPS) is 12.0. The van der Waals surface area contributed by atoms with E-state index in [1.54, 1.807) is 24.3 Å². The smallest absolute Gasteiger partial charge is 0.269 e. The minimum Gasteiger partial charge on any atom is -0.377 e. The maximum absolute atomic E-state index is 10.8. The molecule has 0 fully saturated rings. The van der Waals surface area contributed by atoms with E-state index in [1.165, 1.54) is 12.1 Å². The fourth-order valence-electron chi connectivity index (χ4n) is 1.86. The van der Waals surface area contributed by atoms with E-state index in [-0.39, 0.29) is 11.7 Å². The van der Waals surface area contributed by atoms with Crippen molar-refractivity contribution in [1.82, 2.24) is 0 Å². The average molecular weight is 346 g/mol. The number of halogens is 3. The Morgan fingerprint density at radius 2 is 1.76 bits per heavy atom. The number of rotatable bonds is 4. The van der Waals surface area contributed by atoms with Crippen molar-refractivity contribution >= 4 is 46.2 Å². The molecule has 21 heavy (non-hydrogen) atoms. The number of hydrogen-bond acceptors (Lipinski definition) is 3. The van der Waals surface area contributed by atoms with Gasteiger partial charge in [-0.3, -0.25) is 10.1 Å². The number of non-ortho nitro benzene ring substituents is 1. The summed E-state index contributed by atoms with van der Waals surface area (Å²) in [5.74, 6) is 0. The molecule has 0 aliphatic carbocycles. The van der Waals surface area contributed by atoms with E-state index in [1.807, 2.05) is 6.92 Å². The van der Waals surface area contributed by atoms with Crippen molar-refractivity contribution in [3.63, 3.8) is 0 Å². The van der Waals surface area contributed by atoms with Crippen LogP contribution in [-0.2, 0) is 0 Å². The van der Waals surface area contributed by atoms with Crippen molar-refractivity contribution in [3.05, 3.63) is 67.1 Å². The van der Waals surface area contributed by atoms with Gasteiger partial charge in [-0.1, -0.05) is 46.9 Å². The second-order valence-electron chi connectivity index (χ2n) is 4.46. The average Bonchev–Trinajstić information content (AvgIpc) is 2.44. The molecule has 0 bridgehead atoms. The molecular formula is C14H11Cl3N2O2. The number of hydrogen-bond donors (Lipinski definition) is 1. The predicted octanol–water partition coefficient (Wildman–Crippen LogP) is 5.73. The first-order valence-corrected chi connectivity index (χ1v) is 7.17. The summed E-state index contributed by atoms with van der Waals surface area (Å²) in [5, 5.41) is 15.2. The van der Waals surface area contributed by atoms with Gasteiger partial charge >= 0.3 is 0 Å². The molecule has 0 amide bonds. The Balaban J connectivity index is 2.26. The number of nitrogens with one attached hydrogen (secondary N) is 1. The van der Waals surface area contributed by atoms with Gasteiger partial charge in [-0.15, -0.1) is 0 Å². The summed E-state index contributed by atoms with van der Waals surface area (Å²) in [4.78, 5) is 10.4.